The first-order valence-corrected chi connectivity index (χ1v) is 8.66. The van der Waals surface area contributed by atoms with E-state index < -0.39 is 0 Å². The average molecular weight is 329 g/mol. The van der Waals surface area contributed by atoms with Gasteiger partial charge in [0.25, 0.3) is 0 Å². The van der Waals surface area contributed by atoms with Crippen molar-refractivity contribution < 1.29 is 23.7 Å². The van der Waals surface area contributed by atoms with E-state index in [0.29, 0.717) is 19.1 Å². The van der Waals surface area contributed by atoms with Gasteiger partial charge in [0.1, 0.15) is 6.61 Å². The van der Waals surface area contributed by atoms with Crippen molar-refractivity contribution in [2.45, 2.75) is 37.7 Å². The van der Waals surface area contributed by atoms with Gasteiger partial charge in [0.2, 0.25) is 5.91 Å². The van der Waals surface area contributed by atoms with Crippen molar-refractivity contribution in [2.24, 2.45) is 5.92 Å². The standard InChI is InChI=1S/C17H31NO5/c1-20-9-3-15-4-10-23-17(13-15)5-7-18(8-6-17)16(19)14-22-12-11-21-2/h15H,3-14H2,1-2H3. The van der Waals surface area contributed by atoms with Gasteiger partial charge in [-0.15, -0.1) is 0 Å². The monoisotopic (exact) mass is 329 g/mol. The molecule has 0 N–H and O–H groups in total. The van der Waals surface area contributed by atoms with E-state index in [2.05, 4.69) is 0 Å². The second-order valence-electron chi connectivity index (χ2n) is 6.60. The molecule has 2 aliphatic rings. The van der Waals surface area contributed by atoms with E-state index in [-0.39, 0.29) is 18.1 Å². The van der Waals surface area contributed by atoms with Crippen LogP contribution in [0.2, 0.25) is 0 Å². The molecule has 6 nitrogen and oxygen atoms in total. The van der Waals surface area contributed by atoms with Gasteiger partial charge in [0.15, 0.2) is 0 Å². The van der Waals surface area contributed by atoms with E-state index in [9.17, 15) is 4.79 Å². The number of methoxy groups -OCH3 is 2. The van der Waals surface area contributed by atoms with Gasteiger partial charge in [-0.25, -0.2) is 0 Å². The Labute approximate surface area is 139 Å². The number of carbonyl (C=O) groups excluding carboxylic acids is 1. The fourth-order valence-electron chi connectivity index (χ4n) is 3.57. The maximum Gasteiger partial charge on any atom is 0.248 e. The first-order valence-electron chi connectivity index (χ1n) is 8.66. The van der Waals surface area contributed by atoms with Crippen LogP contribution in [0.25, 0.3) is 0 Å². The highest BCUT2D eigenvalue weighted by Crippen LogP contribution is 2.38. The summed E-state index contributed by atoms with van der Waals surface area (Å²) in [7, 11) is 3.38. The van der Waals surface area contributed by atoms with Crippen molar-refractivity contribution in [3.63, 3.8) is 0 Å². The Morgan fingerprint density at radius 3 is 2.61 bits per heavy atom. The number of amides is 1. The molecular weight excluding hydrogens is 298 g/mol. The molecule has 0 saturated carbocycles. The van der Waals surface area contributed by atoms with Crippen LogP contribution in [0.5, 0.6) is 0 Å². The van der Waals surface area contributed by atoms with Gasteiger partial charge in [-0.1, -0.05) is 0 Å². The minimum atomic E-state index is -0.0235. The van der Waals surface area contributed by atoms with Crippen LogP contribution in [0.15, 0.2) is 0 Å². The van der Waals surface area contributed by atoms with Gasteiger partial charge in [0, 0.05) is 40.5 Å². The zero-order valence-corrected chi connectivity index (χ0v) is 14.6. The molecular formula is C17H31NO5. The van der Waals surface area contributed by atoms with E-state index >= 15 is 0 Å². The molecule has 0 aromatic carbocycles. The van der Waals surface area contributed by atoms with Crippen LogP contribution in [-0.4, -0.2) is 76.8 Å². The molecule has 0 aromatic rings. The average Bonchev–Trinajstić information content (AvgIpc) is 2.57. The Kier molecular flexibility index (Phi) is 7.76. The third kappa shape index (κ3) is 5.71. The summed E-state index contributed by atoms with van der Waals surface area (Å²) in [5, 5.41) is 0. The van der Waals surface area contributed by atoms with Crippen molar-refractivity contribution >= 4 is 5.91 Å². The van der Waals surface area contributed by atoms with Crippen LogP contribution in [0.3, 0.4) is 0 Å². The maximum absolute atomic E-state index is 12.1. The summed E-state index contributed by atoms with van der Waals surface area (Å²) in [4.78, 5) is 14.0. The molecule has 0 radical (unpaired) electrons. The predicted octanol–water partition coefficient (Wildman–Crippen LogP) is 1.47. The molecule has 2 fully saturated rings. The Morgan fingerprint density at radius 1 is 1.17 bits per heavy atom. The molecule has 0 aliphatic carbocycles. The number of hydrogen-bond donors (Lipinski definition) is 0. The Bertz CT molecular complexity index is 355. The van der Waals surface area contributed by atoms with E-state index in [1.165, 1.54) is 0 Å². The number of piperidine rings is 1. The van der Waals surface area contributed by atoms with E-state index in [0.717, 1.165) is 58.4 Å². The summed E-state index contributed by atoms with van der Waals surface area (Å²) < 4.78 is 21.6. The molecule has 1 spiro atoms. The van der Waals surface area contributed by atoms with Crippen LogP contribution in [-0.2, 0) is 23.7 Å². The van der Waals surface area contributed by atoms with Crippen LogP contribution in [0, 0.1) is 5.92 Å². The fraction of sp³-hybridized carbons (Fsp3) is 0.941. The highest BCUT2D eigenvalue weighted by molar-refractivity contribution is 5.77. The SMILES string of the molecule is COCCOCC(=O)N1CCC2(CC1)CC(CCOC)CCO2. The number of hydrogen-bond acceptors (Lipinski definition) is 5. The zero-order chi connectivity index (χ0) is 16.5. The van der Waals surface area contributed by atoms with E-state index in [4.69, 9.17) is 18.9 Å². The van der Waals surface area contributed by atoms with Crippen molar-refractivity contribution in [3.05, 3.63) is 0 Å². The maximum atomic E-state index is 12.1. The van der Waals surface area contributed by atoms with E-state index in [1.807, 2.05) is 4.90 Å². The lowest BCUT2D eigenvalue weighted by molar-refractivity contribution is -0.151. The highest BCUT2D eigenvalue weighted by atomic mass is 16.5. The molecule has 2 heterocycles. The molecule has 2 rings (SSSR count). The third-order valence-corrected chi connectivity index (χ3v) is 5.01. The van der Waals surface area contributed by atoms with Crippen molar-refractivity contribution in [1.82, 2.24) is 4.90 Å². The van der Waals surface area contributed by atoms with Gasteiger partial charge in [-0.05, 0) is 38.0 Å². The smallest absolute Gasteiger partial charge is 0.248 e. The predicted molar refractivity (Wildman–Crippen MR) is 86.4 cm³/mol. The highest BCUT2D eigenvalue weighted by Gasteiger charge is 2.40. The fourth-order valence-corrected chi connectivity index (χ4v) is 3.57. The van der Waals surface area contributed by atoms with Crippen LogP contribution in [0.1, 0.15) is 32.1 Å². The third-order valence-electron chi connectivity index (χ3n) is 5.01. The van der Waals surface area contributed by atoms with Crippen molar-refractivity contribution in [1.29, 1.82) is 0 Å². The van der Waals surface area contributed by atoms with Crippen LogP contribution in [0.4, 0.5) is 0 Å². The number of carbonyl (C=O) groups is 1. The Balaban J connectivity index is 1.72. The zero-order valence-electron chi connectivity index (χ0n) is 14.6. The number of ether oxygens (including phenoxy) is 4. The lowest BCUT2D eigenvalue weighted by Crippen LogP contribution is -2.51. The molecule has 6 heteroatoms. The lowest BCUT2D eigenvalue weighted by atomic mass is 9.78. The van der Waals surface area contributed by atoms with Gasteiger partial charge >= 0.3 is 0 Å². The first-order chi connectivity index (χ1) is 11.2. The van der Waals surface area contributed by atoms with Crippen molar-refractivity contribution in [2.75, 3.05) is 60.3 Å². The molecule has 2 saturated heterocycles. The van der Waals surface area contributed by atoms with Gasteiger partial charge < -0.3 is 23.8 Å². The van der Waals surface area contributed by atoms with Crippen LogP contribution < -0.4 is 0 Å². The quantitative estimate of drug-likeness (QED) is 0.631. The normalized spacial score (nSPS) is 24.1. The summed E-state index contributed by atoms with van der Waals surface area (Å²) in [6, 6.07) is 0. The molecule has 1 unspecified atom stereocenters. The Hall–Kier alpha value is -0.690. The number of rotatable bonds is 8. The number of likely N-dealkylation sites (tertiary alicyclic amines) is 1. The Morgan fingerprint density at radius 2 is 1.91 bits per heavy atom. The molecule has 1 amide bonds. The van der Waals surface area contributed by atoms with E-state index in [1.54, 1.807) is 14.2 Å². The lowest BCUT2D eigenvalue weighted by Gasteiger charge is -2.46. The van der Waals surface area contributed by atoms with Gasteiger partial charge in [0.05, 0.1) is 18.8 Å². The largest absolute Gasteiger partial charge is 0.385 e. The second kappa shape index (κ2) is 9.57. The minimum Gasteiger partial charge on any atom is -0.385 e. The topological polar surface area (TPSA) is 57.2 Å². The first kappa shape index (κ1) is 18.6. The molecule has 2 aliphatic heterocycles. The second-order valence-corrected chi connectivity index (χ2v) is 6.60. The van der Waals surface area contributed by atoms with Gasteiger partial charge in [-0.2, -0.15) is 0 Å². The van der Waals surface area contributed by atoms with Gasteiger partial charge in [-0.3, -0.25) is 4.79 Å². The summed E-state index contributed by atoms with van der Waals surface area (Å²) in [6.07, 6.45) is 5.20. The number of nitrogens with zero attached hydrogens (tertiary/aromatic N) is 1. The molecule has 0 bridgehead atoms. The summed E-state index contributed by atoms with van der Waals surface area (Å²) in [5.74, 6) is 0.756. The summed E-state index contributed by atoms with van der Waals surface area (Å²) in [5.41, 5.74) is -0.0235. The molecule has 1 atom stereocenters. The molecule has 134 valence electrons. The minimum absolute atomic E-state index is 0.0235. The summed E-state index contributed by atoms with van der Waals surface area (Å²) in [6.45, 7) is 4.32. The molecule has 0 aromatic heterocycles. The van der Waals surface area contributed by atoms with Crippen molar-refractivity contribution in [3.8, 4) is 0 Å². The van der Waals surface area contributed by atoms with Crippen LogP contribution >= 0.6 is 0 Å². The molecule has 23 heavy (non-hydrogen) atoms. The summed E-state index contributed by atoms with van der Waals surface area (Å²) >= 11 is 0.